The Kier molecular flexibility index (Phi) is 20.1. The van der Waals surface area contributed by atoms with Crippen molar-refractivity contribution in [2.75, 3.05) is 6.61 Å². The quantitative estimate of drug-likeness (QED) is 0.127. The number of aliphatic hydroxyl groups is 4. The second kappa shape index (κ2) is 22.7. The molecule has 1 rings (SSSR count). The molecule has 0 saturated carbocycles. The molecule has 0 aromatic rings. The van der Waals surface area contributed by atoms with E-state index < -0.39 is 49.2 Å². The van der Waals surface area contributed by atoms with Gasteiger partial charge in [0.15, 0.2) is 6.29 Å². The average Bonchev–Trinajstić information content (AvgIpc) is 2.96. The summed E-state index contributed by atoms with van der Waals surface area (Å²) in [5, 5.41) is 44.8. The maximum Gasteiger partial charge on any atom is 0.243 e. The monoisotopic (exact) mass is 588 g/mol. The van der Waals surface area contributed by atoms with Crippen molar-refractivity contribution in [2.45, 2.75) is 109 Å². The lowest BCUT2D eigenvalue weighted by Gasteiger charge is -2.40. The van der Waals surface area contributed by atoms with Gasteiger partial charge in [0.25, 0.3) is 0 Å². The number of ether oxygens (including phenoxy) is 1. The number of carbonyl (C=O) groups excluding carboxylic acids is 2. The minimum atomic E-state index is -1.62. The molecule has 0 radical (unpaired) electrons. The fourth-order valence-electron chi connectivity index (χ4n) is 4.14. The Morgan fingerprint density at radius 1 is 0.762 bits per heavy atom. The smallest absolute Gasteiger partial charge is 0.243 e. The van der Waals surface area contributed by atoms with E-state index in [1.54, 1.807) is 13.8 Å². The third-order valence-corrected chi connectivity index (χ3v) is 6.61. The van der Waals surface area contributed by atoms with Crippen molar-refractivity contribution in [1.29, 1.82) is 0 Å². The summed E-state index contributed by atoms with van der Waals surface area (Å²) in [4.78, 5) is 25.3. The van der Waals surface area contributed by atoms with Gasteiger partial charge in [0, 0.05) is 6.42 Å². The minimum absolute atomic E-state index is 0.202. The molecule has 0 aromatic carbocycles. The van der Waals surface area contributed by atoms with Gasteiger partial charge < -0.3 is 35.8 Å². The Hall–Kier alpha value is -2.82. The van der Waals surface area contributed by atoms with Gasteiger partial charge in [-0.3, -0.25) is 9.59 Å². The van der Waals surface area contributed by atoms with Gasteiger partial charge in [-0.15, -0.1) is 0 Å². The molecule has 1 fully saturated rings. The van der Waals surface area contributed by atoms with E-state index in [0.717, 1.165) is 38.5 Å². The van der Waals surface area contributed by atoms with Crippen molar-refractivity contribution in [3.63, 3.8) is 0 Å². The van der Waals surface area contributed by atoms with E-state index >= 15 is 0 Å². The highest BCUT2D eigenvalue weighted by molar-refractivity contribution is 5.88. The summed E-state index contributed by atoms with van der Waals surface area (Å²) in [5.74, 6) is -1.19. The maximum absolute atomic E-state index is 12.8. The molecule has 2 amide bonds. The van der Waals surface area contributed by atoms with Crippen LogP contribution in [-0.2, 0) is 14.3 Å². The van der Waals surface area contributed by atoms with E-state index in [4.69, 9.17) is 4.74 Å². The zero-order chi connectivity index (χ0) is 31.2. The van der Waals surface area contributed by atoms with Gasteiger partial charge in [-0.25, -0.2) is 0 Å². The molecule has 236 valence electrons. The van der Waals surface area contributed by atoms with Gasteiger partial charge in [-0.2, -0.15) is 0 Å². The van der Waals surface area contributed by atoms with Crippen LogP contribution in [0, 0.1) is 5.92 Å². The van der Waals surface area contributed by atoms with Crippen LogP contribution in [0.2, 0.25) is 0 Å². The molecule has 1 aliphatic heterocycles. The third kappa shape index (κ3) is 15.4. The molecule has 6 N–H and O–H groups in total. The summed E-state index contributed by atoms with van der Waals surface area (Å²) < 4.78 is 5.07. The first kappa shape index (κ1) is 37.2. The molecule has 6 atom stereocenters. The van der Waals surface area contributed by atoms with E-state index in [-0.39, 0.29) is 18.2 Å². The standard InChI is InChI=1S/C33H52N2O7/c1-4-5-6-7-8-9-10-11-12-13-14-15-16-17-18-19-20-21-22-23-27(37)34-28(25(2)3)32(40)35-29-31(39)30(38)26(24-36)42-33(29)41/h5-6,8-9,11-12,14-15,17-18,20-21,25-26,28-31,33,36,38-39,41H,4,7,10,13,16,19,22-24H2,1-3H3,(H,34,37)(H,35,40)/b6-5-,9-8-,12-11-,15-14-,18-17-,21-20-/t26?,28-,29?,30?,31?,33?/m0/s1. The molecule has 42 heavy (non-hydrogen) atoms. The topological polar surface area (TPSA) is 148 Å². The van der Waals surface area contributed by atoms with Gasteiger partial charge in [-0.1, -0.05) is 93.7 Å². The van der Waals surface area contributed by atoms with Gasteiger partial charge >= 0.3 is 0 Å². The van der Waals surface area contributed by atoms with Crippen molar-refractivity contribution >= 4 is 11.8 Å². The Balaban J connectivity index is 2.29. The van der Waals surface area contributed by atoms with Crippen molar-refractivity contribution in [3.8, 4) is 0 Å². The van der Waals surface area contributed by atoms with E-state index in [1.807, 2.05) is 12.2 Å². The molecular weight excluding hydrogens is 536 g/mol. The Bertz CT molecular complexity index is 939. The number of amides is 2. The maximum atomic E-state index is 12.8. The number of nitrogens with one attached hydrogen (secondary N) is 2. The first-order chi connectivity index (χ1) is 20.2. The summed E-state index contributed by atoms with van der Waals surface area (Å²) in [5.41, 5.74) is 0. The van der Waals surface area contributed by atoms with Crippen LogP contribution in [0.3, 0.4) is 0 Å². The number of aliphatic hydroxyl groups excluding tert-OH is 4. The SMILES string of the molecule is CC/C=C\C/C=C\C/C=C\C/C=C\C/C=C\C/C=C\CCC(=O)N[C@H](C(=O)NC1C(O)OC(CO)C(O)C1O)C(C)C. The van der Waals surface area contributed by atoms with Crippen LogP contribution in [0.1, 0.15) is 72.1 Å². The fraction of sp³-hybridized carbons (Fsp3) is 0.576. The van der Waals surface area contributed by atoms with Crippen LogP contribution in [0.4, 0.5) is 0 Å². The van der Waals surface area contributed by atoms with Gasteiger partial charge in [0.05, 0.1) is 6.61 Å². The summed E-state index contributed by atoms with van der Waals surface area (Å²) in [6, 6.07) is -2.22. The average molecular weight is 589 g/mol. The Morgan fingerprint density at radius 3 is 1.69 bits per heavy atom. The first-order valence-corrected chi connectivity index (χ1v) is 15.0. The molecule has 5 unspecified atom stereocenters. The summed E-state index contributed by atoms with van der Waals surface area (Å²) in [7, 11) is 0. The van der Waals surface area contributed by atoms with E-state index in [2.05, 4.69) is 78.3 Å². The Morgan fingerprint density at radius 2 is 1.24 bits per heavy atom. The second-order valence-corrected chi connectivity index (χ2v) is 10.5. The normalized spacial score (nSPS) is 24.3. The number of rotatable bonds is 19. The third-order valence-electron chi connectivity index (χ3n) is 6.61. The van der Waals surface area contributed by atoms with Crippen LogP contribution >= 0.6 is 0 Å². The zero-order valence-corrected chi connectivity index (χ0v) is 25.3. The van der Waals surface area contributed by atoms with Crippen molar-refractivity contribution in [3.05, 3.63) is 72.9 Å². The molecule has 9 heteroatoms. The minimum Gasteiger partial charge on any atom is -0.394 e. The summed E-state index contributed by atoms with van der Waals surface area (Å²) in [6.45, 7) is 5.05. The molecule has 0 aromatic heterocycles. The number of carbonyl (C=O) groups is 2. The highest BCUT2D eigenvalue weighted by atomic mass is 16.6. The molecule has 0 aliphatic carbocycles. The lowest BCUT2D eigenvalue weighted by atomic mass is 9.95. The predicted octanol–water partition coefficient (Wildman–Crippen LogP) is 3.52. The number of hydrogen-bond donors (Lipinski definition) is 6. The Labute approximate surface area is 251 Å². The van der Waals surface area contributed by atoms with Crippen LogP contribution in [-0.4, -0.2) is 75.5 Å². The van der Waals surface area contributed by atoms with Gasteiger partial charge in [-0.05, 0) is 50.9 Å². The van der Waals surface area contributed by atoms with E-state index in [9.17, 15) is 30.0 Å². The molecule has 1 saturated heterocycles. The molecule has 1 heterocycles. The van der Waals surface area contributed by atoms with Crippen LogP contribution < -0.4 is 10.6 Å². The first-order valence-electron chi connectivity index (χ1n) is 15.0. The predicted molar refractivity (Wildman–Crippen MR) is 166 cm³/mol. The van der Waals surface area contributed by atoms with Crippen LogP contribution in [0.15, 0.2) is 72.9 Å². The van der Waals surface area contributed by atoms with E-state index in [1.165, 1.54) is 0 Å². The molecule has 0 bridgehead atoms. The fourth-order valence-corrected chi connectivity index (χ4v) is 4.14. The van der Waals surface area contributed by atoms with Crippen LogP contribution in [0.25, 0.3) is 0 Å². The highest BCUT2D eigenvalue weighted by Gasteiger charge is 2.45. The molecule has 0 spiro atoms. The van der Waals surface area contributed by atoms with Gasteiger partial charge in [0.1, 0.15) is 30.4 Å². The summed E-state index contributed by atoms with van der Waals surface area (Å²) >= 11 is 0. The molecular formula is C33H52N2O7. The van der Waals surface area contributed by atoms with Crippen molar-refractivity contribution in [2.24, 2.45) is 5.92 Å². The van der Waals surface area contributed by atoms with Gasteiger partial charge in [0.2, 0.25) is 11.8 Å². The number of hydrogen-bond acceptors (Lipinski definition) is 7. The zero-order valence-electron chi connectivity index (χ0n) is 25.3. The van der Waals surface area contributed by atoms with E-state index in [0.29, 0.717) is 6.42 Å². The largest absolute Gasteiger partial charge is 0.394 e. The van der Waals surface area contributed by atoms with Crippen molar-refractivity contribution in [1.82, 2.24) is 10.6 Å². The van der Waals surface area contributed by atoms with Crippen LogP contribution in [0.5, 0.6) is 0 Å². The molecule has 1 aliphatic rings. The summed E-state index contributed by atoms with van der Waals surface area (Å²) in [6.07, 6.45) is 25.9. The number of allylic oxidation sites excluding steroid dienone is 12. The lowest BCUT2D eigenvalue weighted by molar-refractivity contribution is -0.254. The second-order valence-electron chi connectivity index (χ2n) is 10.5. The van der Waals surface area contributed by atoms with Crippen molar-refractivity contribution < 1.29 is 34.8 Å². The highest BCUT2D eigenvalue weighted by Crippen LogP contribution is 2.20. The lowest BCUT2D eigenvalue weighted by Crippen LogP contribution is -2.66. The molecule has 9 nitrogen and oxygen atoms in total.